The van der Waals surface area contributed by atoms with E-state index in [0.29, 0.717) is 35.2 Å². The Morgan fingerprint density at radius 3 is 1.25 bits per heavy atom. The largest absolute Gasteiger partial charge is 0.488 e. The highest BCUT2D eigenvalue weighted by molar-refractivity contribution is 14.1. The SMILES string of the molecule is C.CC(=O)Cc1ccc(-c2cc(-c3ncco3)ccc2C)cc1.CC(=O)O.Cc1ccc(-c2ncco2)cc1-c1ccc(N)cc1.Cc1ccc(-c2ncco2)cc1I.Nc1ccc(B(O)O)cc1. The molecular formula is C54H55BIN5O8. The minimum absolute atomic E-state index is 0. The number of nitrogens with zero attached hydrogens (tertiary/aromatic N) is 3. The third kappa shape index (κ3) is 16.9. The zero-order valence-corrected chi connectivity index (χ0v) is 40.3. The maximum atomic E-state index is 11.2. The van der Waals surface area contributed by atoms with Crippen molar-refractivity contribution in [1.82, 2.24) is 15.0 Å². The van der Waals surface area contributed by atoms with Crippen molar-refractivity contribution in [2.45, 2.75) is 48.5 Å². The van der Waals surface area contributed by atoms with Gasteiger partial charge in [0, 0.05) is 45.0 Å². The summed E-state index contributed by atoms with van der Waals surface area (Å²) in [6, 6.07) is 40.9. The van der Waals surface area contributed by atoms with E-state index >= 15 is 0 Å². The van der Waals surface area contributed by atoms with Gasteiger partial charge in [0.15, 0.2) is 0 Å². The van der Waals surface area contributed by atoms with Crippen LogP contribution in [-0.2, 0) is 16.0 Å². The number of Topliss-reactive ketones (excluding diaryl/α,β-unsaturated/α-hetero) is 1. The average Bonchev–Trinajstić information content (AvgIpc) is 4.15. The number of aryl methyl sites for hydroxylation is 3. The fourth-order valence-corrected chi connectivity index (χ4v) is 6.89. The zero-order chi connectivity index (χ0) is 49.2. The van der Waals surface area contributed by atoms with Crippen molar-refractivity contribution in [1.29, 1.82) is 0 Å². The van der Waals surface area contributed by atoms with Gasteiger partial charge in [-0.1, -0.05) is 74.2 Å². The topological polar surface area (TPSA) is 225 Å². The standard InChI is InChI=1S/C19H17NO2.C16H14N2O.C10H8INO.C6H8BNO2.C2H4O2.CH4/c1-13-3-6-17(19-20-9-10-22-19)12-18(13)16-7-4-15(5-8-16)11-14(2)21;1-11-2-3-13(16-18-8-9-19-16)10-15(11)12-4-6-14(17)7-5-12;1-7-2-3-8(6-9(7)11)10-12-4-5-13-10;8-6-3-1-5(2-4-6)7(9)10;1-2(3)4;/h3-10,12H,11H2,1-2H3;2-10H,17H2,1H3;2-6H,1H3;1-4,9-10H,8H2;1H3,(H,3,4);1H4. The van der Waals surface area contributed by atoms with E-state index in [-0.39, 0.29) is 13.2 Å². The summed E-state index contributed by atoms with van der Waals surface area (Å²) < 4.78 is 17.1. The fourth-order valence-electron chi connectivity index (χ4n) is 6.38. The molecule has 7 N–H and O–H groups in total. The molecule has 0 radical (unpaired) electrons. The van der Waals surface area contributed by atoms with Gasteiger partial charge in [-0.25, -0.2) is 15.0 Å². The number of hydrogen-bond acceptors (Lipinski definition) is 12. The molecule has 0 aliphatic carbocycles. The Balaban J connectivity index is 0.000000201. The average molecular weight is 1040 g/mol. The molecule has 3 heterocycles. The molecule has 0 amide bonds. The first kappa shape index (κ1) is 54.0. The summed E-state index contributed by atoms with van der Waals surface area (Å²) in [5.74, 6) is 1.28. The lowest BCUT2D eigenvalue weighted by atomic mass is 9.80. The smallest absolute Gasteiger partial charge is 0.481 e. The Kier molecular flexibility index (Phi) is 20.9. The highest BCUT2D eigenvalue weighted by Gasteiger charge is 2.11. The number of hydrogen-bond donors (Lipinski definition) is 5. The Hall–Kier alpha value is -7.60. The Labute approximate surface area is 416 Å². The summed E-state index contributed by atoms with van der Waals surface area (Å²) in [6.07, 6.45) is 10.2. The monoisotopic (exact) mass is 1040 g/mol. The van der Waals surface area contributed by atoms with Crippen LogP contribution in [0.15, 0.2) is 178 Å². The molecule has 15 heteroatoms. The number of anilines is 2. The van der Waals surface area contributed by atoms with Crippen molar-refractivity contribution >= 4 is 58.3 Å². The summed E-state index contributed by atoms with van der Waals surface area (Å²) in [6.45, 7) is 8.95. The number of halogens is 1. The quantitative estimate of drug-likeness (QED) is 0.0543. The number of oxazole rings is 3. The summed E-state index contributed by atoms with van der Waals surface area (Å²) in [4.78, 5) is 32.6. The number of carbonyl (C=O) groups is 2. The molecule has 0 saturated heterocycles. The summed E-state index contributed by atoms with van der Waals surface area (Å²) in [5, 5.41) is 24.7. The van der Waals surface area contributed by atoms with E-state index in [1.165, 1.54) is 20.3 Å². The molecule has 69 heavy (non-hydrogen) atoms. The van der Waals surface area contributed by atoms with Crippen LogP contribution >= 0.6 is 22.6 Å². The molecule has 0 bridgehead atoms. The molecule has 0 spiro atoms. The number of rotatable bonds is 8. The van der Waals surface area contributed by atoms with Crippen LogP contribution in [0.2, 0.25) is 0 Å². The van der Waals surface area contributed by atoms with Gasteiger partial charge in [-0.2, -0.15) is 0 Å². The lowest BCUT2D eigenvalue weighted by Gasteiger charge is -2.09. The van der Waals surface area contributed by atoms with Crippen LogP contribution < -0.4 is 16.9 Å². The van der Waals surface area contributed by atoms with Crippen LogP contribution in [0.3, 0.4) is 0 Å². The van der Waals surface area contributed by atoms with E-state index in [4.69, 9.17) is 44.7 Å². The number of ketones is 1. The van der Waals surface area contributed by atoms with Crippen LogP contribution in [0.5, 0.6) is 0 Å². The highest BCUT2D eigenvalue weighted by atomic mass is 127. The van der Waals surface area contributed by atoms with Crippen LogP contribution in [0.4, 0.5) is 11.4 Å². The zero-order valence-electron chi connectivity index (χ0n) is 38.1. The normalized spacial score (nSPS) is 9.97. The Morgan fingerprint density at radius 1 is 0.551 bits per heavy atom. The lowest BCUT2D eigenvalue weighted by Crippen LogP contribution is -2.29. The third-order valence-electron chi connectivity index (χ3n) is 9.86. The van der Waals surface area contributed by atoms with Gasteiger partial charge in [0.25, 0.3) is 5.97 Å². The van der Waals surface area contributed by atoms with Gasteiger partial charge >= 0.3 is 7.12 Å². The second-order valence-electron chi connectivity index (χ2n) is 15.3. The van der Waals surface area contributed by atoms with Gasteiger partial charge in [0.05, 0.1) is 18.6 Å². The number of benzene rings is 6. The molecule has 0 saturated carbocycles. The van der Waals surface area contributed by atoms with E-state index in [0.717, 1.165) is 57.1 Å². The number of nitrogen functional groups attached to an aromatic ring is 2. The van der Waals surface area contributed by atoms with Crippen LogP contribution in [0, 0.1) is 24.3 Å². The van der Waals surface area contributed by atoms with Crippen LogP contribution in [0.1, 0.15) is 43.5 Å². The fraction of sp³-hybridized carbons (Fsp3) is 0.130. The minimum atomic E-state index is -1.40. The molecule has 0 unspecified atom stereocenters. The van der Waals surface area contributed by atoms with E-state index < -0.39 is 13.1 Å². The lowest BCUT2D eigenvalue weighted by molar-refractivity contribution is -0.134. The molecule has 9 rings (SSSR count). The number of carboxylic acid groups (broad SMARTS) is 1. The van der Waals surface area contributed by atoms with Crippen molar-refractivity contribution in [2.75, 3.05) is 11.5 Å². The van der Waals surface area contributed by atoms with Crippen molar-refractivity contribution in [3.63, 3.8) is 0 Å². The van der Waals surface area contributed by atoms with Crippen molar-refractivity contribution in [3.8, 4) is 56.6 Å². The van der Waals surface area contributed by atoms with Crippen LogP contribution in [0.25, 0.3) is 56.6 Å². The summed E-state index contributed by atoms with van der Waals surface area (Å²) in [5.41, 5.74) is 25.2. The first-order chi connectivity index (χ1) is 32.6. The summed E-state index contributed by atoms with van der Waals surface area (Å²) >= 11 is 2.31. The molecule has 0 aliphatic heterocycles. The first-order valence-electron chi connectivity index (χ1n) is 21.1. The maximum Gasteiger partial charge on any atom is 0.488 e. The number of carboxylic acids is 1. The van der Waals surface area contributed by atoms with Gasteiger partial charge in [-0.15, -0.1) is 0 Å². The molecular weight excluding hydrogens is 984 g/mol. The third-order valence-corrected chi connectivity index (χ3v) is 11.0. The second kappa shape index (κ2) is 26.7. The number of nitrogens with two attached hydrogens (primary N) is 2. The number of aliphatic carboxylic acids is 1. The van der Waals surface area contributed by atoms with Gasteiger partial charge in [-0.3, -0.25) is 9.59 Å². The molecule has 3 aromatic heterocycles. The summed E-state index contributed by atoms with van der Waals surface area (Å²) in [7, 11) is -1.40. The van der Waals surface area contributed by atoms with E-state index in [1.807, 2.05) is 54.6 Å². The molecule has 0 aliphatic rings. The van der Waals surface area contributed by atoms with Gasteiger partial charge in [-0.05, 0) is 161 Å². The van der Waals surface area contributed by atoms with E-state index in [9.17, 15) is 4.79 Å². The second-order valence-corrected chi connectivity index (χ2v) is 16.5. The van der Waals surface area contributed by atoms with Crippen LogP contribution in [-0.4, -0.2) is 49.0 Å². The van der Waals surface area contributed by atoms with Gasteiger partial charge in [0.2, 0.25) is 17.7 Å². The minimum Gasteiger partial charge on any atom is -0.481 e. The van der Waals surface area contributed by atoms with E-state index in [1.54, 1.807) is 68.6 Å². The van der Waals surface area contributed by atoms with E-state index in [2.05, 4.69) is 107 Å². The van der Waals surface area contributed by atoms with Crippen molar-refractivity contribution < 1.29 is 38.0 Å². The Bertz CT molecular complexity index is 2960. The highest BCUT2D eigenvalue weighted by Crippen LogP contribution is 2.31. The predicted octanol–water partition coefficient (Wildman–Crippen LogP) is 11.3. The number of aromatic nitrogens is 3. The van der Waals surface area contributed by atoms with Crippen molar-refractivity contribution in [2.24, 2.45) is 0 Å². The predicted molar refractivity (Wildman–Crippen MR) is 283 cm³/mol. The molecule has 0 atom stereocenters. The molecule has 13 nitrogen and oxygen atoms in total. The molecule has 0 fully saturated rings. The molecule has 354 valence electrons. The van der Waals surface area contributed by atoms with Gasteiger partial charge in [0.1, 0.15) is 24.6 Å². The van der Waals surface area contributed by atoms with Gasteiger partial charge < -0.3 is 39.9 Å². The first-order valence-corrected chi connectivity index (χ1v) is 22.2. The molecule has 9 aromatic rings. The van der Waals surface area contributed by atoms with Crippen molar-refractivity contribution in [3.05, 3.63) is 191 Å². The maximum absolute atomic E-state index is 11.2. The molecule has 6 aromatic carbocycles. The number of carbonyl (C=O) groups excluding carboxylic acids is 1. The Morgan fingerprint density at radius 2 is 0.899 bits per heavy atom.